The quantitative estimate of drug-likeness (QED) is 0.705. The Morgan fingerprint density at radius 1 is 1.00 bits per heavy atom. The first-order chi connectivity index (χ1) is 9.83. The van der Waals surface area contributed by atoms with Gasteiger partial charge in [0.15, 0.2) is 15.6 Å². The molecule has 2 rings (SSSR count). The number of carbonyl (C=O) groups excluding carboxylic acids is 1. The predicted octanol–water partition coefficient (Wildman–Crippen LogP) is 4.41. The summed E-state index contributed by atoms with van der Waals surface area (Å²) >= 11 is 15.0. The van der Waals surface area contributed by atoms with Gasteiger partial charge in [-0.3, -0.25) is 4.79 Å². The summed E-state index contributed by atoms with van der Waals surface area (Å²) in [4.78, 5) is 12.0. The van der Waals surface area contributed by atoms with E-state index in [1.165, 1.54) is 12.1 Å². The number of rotatable bonds is 4. The maximum Gasteiger partial charge on any atom is 0.188 e. The van der Waals surface area contributed by atoms with Crippen molar-refractivity contribution >= 4 is 54.8 Å². The van der Waals surface area contributed by atoms with E-state index in [0.29, 0.717) is 10.0 Å². The van der Waals surface area contributed by atoms with Gasteiger partial charge in [0.05, 0.1) is 10.0 Å². The van der Waals surface area contributed by atoms with Gasteiger partial charge in [-0.05, 0) is 18.2 Å². The molecule has 0 fully saturated rings. The molecule has 0 heterocycles. The molecule has 0 N–H and O–H groups in total. The van der Waals surface area contributed by atoms with E-state index in [1.54, 1.807) is 30.3 Å². The van der Waals surface area contributed by atoms with Gasteiger partial charge in [0.1, 0.15) is 10.6 Å². The Labute approximate surface area is 140 Å². The monoisotopic (exact) mass is 406 g/mol. The number of carbonyl (C=O) groups is 1. The molecule has 0 saturated heterocycles. The van der Waals surface area contributed by atoms with Crippen molar-refractivity contribution < 1.29 is 13.2 Å². The summed E-state index contributed by atoms with van der Waals surface area (Å²) in [6.07, 6.45) is 0. The van der Waals surface area contributed by atoms with Gasteiger partial charge < -0.3 is 0 Å². The molecule has 2 aromatic carbocycles. The van der Waals surface area contributed by atoms with E-state index < -0.39 is 21.4 Å². The third-order valence-corrected chi connectivity index (χ3v) is 5.97. The second-order valence-electron chi connectivity index (χ2n) is 4.21. The summed E-state index contributed by atoms with van der Waals surface area (Å²) in [6, 6.07) is 11.0. The lowest BCUT2D eigenvalue weighted by atomic mass is 10.1. The molecule has 0 aliphatic carbocycles. The van der Waals surface area contributed by atoms with E-state index in [2.05, 4.69) is 15.9 Å². The Bertz CT molecular complexity index is 783. The summed E-state index contributed by atoms with van der Waals surface area (Å²) in [7, 11) is -3.92. The third kappa shape index (κ3) is 3.66. The molecule has 110 valence electrons. The summed E-state index contributed by atoms with van der Waals surface area (Å²) < 4.78 is 25.3. The molecule has 0 saturated carbocycles. The maximum atomic E-state index is 12.4. The highest BCUT2D eigenvalue weighted by Crippen LogP contribution is 2.30. The highest BCUT2D eigenvalue weighted by molar-refractivity contribution is 9.10. The second kappa shape index (κ2) is 6.48. The van der Waals surface area contributed by atoms with Crippen molar-refractivity contribution in [3.63, 3.8) is 0 Å². The van der Waals surface area contributed by atoms with Crippen molar-refractivity contribution in [2.45, 2.75) is 4.90 Å². The van der Waals surface area contributed by atoms with Gasteiger partial charge in [-0.2, -0.15) is 0 Å². The summed E-state index contributed by atoms with van der Waals surface area (Å²) in [5, 5.41) is 0.00450. The van der Waals surface area contributed by atoms with E-state index in [0.717, 1.165) is 0 Å². The molecule has 3 nitrogen and oxygen atoms in total. The number of Topliss-reactive ketones (excluding diaryl/α,β-unsaturated/α-hetero) is 1. The van der Waals surface area contributed by atoms with Crippen LogP contribution in [0.5, 0.6) is 0 Å². The number of hydrogen-bond donors (Lipinski definition) is 0. The van der Waals surface area contributed by atoms with Crippen LogP contribution in [0, 0.1) is 0 Å². The minimum absolute atomic E-state index is 0.00225. The van der Waals surface area contributed by atoms with Crippen LogP contribution in [0.4, 0.5) is 0 Å². The SMILES string of the molecule is O=C(CS(=O)(=O)c1c(Cl)cccc1Cl)c1ccccc1Br. The highest BCUT2D eigenvalue weighted by atomic mass is 79.9. The zero-order chi connectivity index (χ0) is 15.6. The third-order valence-electron chi connectivity index (χ3n) is 2.73. The van der Waals surface area contributed by atoms with Gasteiger partial charge in [0.2, 0.25) is 0 Å². The van der Waals surface area contributed by atoms with Gasteiger partial charge in [-0.25, -0.2) is 8.42 Å². The van der Waals surface area contributed by atoms with Crippen LogP contribution >= 0.6 is 39.1 Å². The molecule has 2 aromatic rings. The first kappa shape index (κ1) is 16.5. The summed E-state index contributed by atoms with van der Waals surface area (Å²) in [5.41, 5.74) is 0.296. The van der Waals surface area contributed by atoms with Crippen molar-refractivity contribution in [3.8, 4) is 0 Å². The van der Waals surface area contributed by atoms with Crippen molar-refractivity contribution in [2.24, 2.45) is 0 Å². The predicted molar refractivity (Wildman–Crippen MR) is 87.0 cm³/mol. The second-order valence-corrected chi connectivity index (χ2v) is 7.81. The number of sulfone groups is 1. The number of ketones is 1. The fourth-order valence-corrected chi connectivity index (χ4v) is 4.77. The van der Waals surface area contributed by atoms with E-state index in [1.807, 2.05) is 0 Å². The van der Waals surface area contributed by atoms with Crippen LogP contribution in [-0.4, -0.2) is 20.0 Å². The molecule has 0 atom stereocenters. The molecule has 0 unspecified atom stereocenters. The molecule has 21 heavy (non-hydrogen) atoms. The first-order valence-electron chi connectivity index (χ1n) is 5.77. The number of halogens is 3. The highest BCUT2D eigenvalue weighted by Gasteiger charge is 2.26. The molecule has 0 radical (unpaired) electrons. The van der Waals surface area contributed by atoms with Crippen LogP contribution in [0.3, 0.4) is 0 Å². The lowest BCUT2D eigenvalue weighted by Crippen LogP contribution is -2.17. The van der Waals surface area contributed by atoms with E-state index in [9.17, 15) is 13.2 Å². The van der Waals surface area contributed by atoms with Gasteiger partial charge in [0.25, 0.3) is 0 Å². The van der Waals surface area contributed by atoms with E-state index in [4.69, 9.17) is 23.2 Å². The van der Waals surface area contributed by atoms with Gasteiger partial charge >= 0.3 is 0 Å². The minimum Gasteiger partial charge on any atom is -0.293 e. The number of benzene rings is 2. The minimum atomic E-state index is -3.92. The Kier molecular flexibility index (Phi) is 5.09. The average molecular weight is 408 g/mol. The Hall–Kier alpha value is -0.880. The number of hydrogen-bond acceptors (Lipinski definition) is 3. The van der Waals surface area contributed by atoms with Crippen LogP contribution in [0.25, 0.3) is 0 Å². The molecule has 0 amide bonds. The standard InChI is InChI=1S/C14H9BrCl2O3S/c15-10-5-2-1-4-9(10)13(18)8-21(19,20)14-11(16)6-3-7-12(14)17/h1-7H,8H2. The zero-order valence-corrected chi connectivity index (χ0v) is 14.4. The van der Waals surface area contributed by atoms with Gasteiger partial charge in [0, 0.05) is 10.0 Å². The molecule has 0 aliphatic heterocycles. The Morgan fingerprint density at radius 3 is 2.14 bits per heavy atom. The van der Waals surface area contributed by atoms with E-state index >= 15 is 0 Å². The molecule has 7 heteroatoms. The van der Waals surface area contributed by atoms with E-state index in [-0.39, 0.29) is 14.9 Å². The molecule has 0 spiro atoms. The summed E-state index contributed by atoms with van der Waals surface area (Å²) in [5.74, 6) is -1.22. The van der Waals surface area contributed by atoms with Crippen LogP contribution in [0.2, 0.25) is 10.0 Å². The molecule has 0 bridgehead atoms. The maximum absolute atomic E-state index is 12.4. The van der Waals surface area contributed by atoms with Gasteiger partial charge in [-0.1, -0.05) is 63.4 Å². The van der Waals surface area contributed by atoms with Crippen LogP contribution in [-0.2, 0) is 9.84 Å². The molecule has 0 aliphatic rings. The lowest BCUT2D eigenvalue weighted by Gasteiger charge is -2.08. The van der Waals surface area contributed by atoms with Crippen molar-refractivity contribution in [1.29, 1.82) is 0 Å². The molecule has 0 aromatic heterocycles. The Morgan fingerprint density at radius 2 is 1.57 bits per heavy atom. The largest absolute Gasteiger partial charge is 0.293 e. The van der Waals surface area contributed by atoms with Crippen LogP contribution < -0.4 is 0 Å². The molecular weight excluding hydrogens is 399 g/mol. The van der Waals surface area contributed by atoms with Gasteiger partial charge in [-0.15, -0.1) is 0 Å². The van der Waals surface area contributed by atoms with Crippen LogP contribution in [0.15, 0.2) is 51.8 Å². The van der Waals surface area contributed by atoms with Crippen molar-refractivity contribution in [1.82, 2.24) is 0 Å². The van der Waals surface area contributed by atoms with Crippen molar-refractivity contribution in [2.75, 3.05) is 5.75 Å². The average Bonchev–Trinajstić information content (AvgIpc) is 2.37. The fourth-order valence-electron chi connectivity index (χ4n) is 1.79. The fraction of sp³-hybridized carbons (Fsp3) is 0.0714. The lowest BCUT2D eigenvalue weighted by molar-refractivity contribution is 0.102. The zero-order valence-electron chi connectivity index (χ0n) is 10.5. The summed E-state index contributed by atoms with van der Waals surface area (Å²) in [6.45, 7) is 0. The first-order valence-corrected chi connectivity index (χ1v) is 8.97. The topological polar surface area (TPSA) is 51.2 Å². The normalized spacial score (nSPS) is 11.4. The van der Waals surface area contributed by atoms with Crippen LogP contribution in [0.1, 0.15) is 10.4 Å². The smallest absolute Gasteiger partial charge is 0.188 e. The molecular formula is C14H9BrCl2O3S. The van der Waals surface area contributed by atoms with Crippen molar-refractivity contribution in [3.05, 3.63) is 62.5 Å². The Balaban J connectivity index is 2.39.